The molecule has 136 valence electrons. The van der Waals surface area contributed by atoms with Gasteiger partial charge in [0.15, 0.2) is 11.3 Å². The van der Waals surface area contributed by atoms with Gasteiger partial charge in [0.05, 0.1) is 12.8 Å². The standard InChI is InChI=1S/C20H11Cl2N5O/c1-23-15-2-4-16(5-3-15)25-20(28)18-6-7-27-19(26-18)17(11-24-27)12-8-13(21)10-14(22)9-12/h2-11H,(H,25,28). The van der Waals surface area contributed by atoms with Crippen molar-refractivity contribution in [2.75, 3.05) is 5.32 Å². The molecule has 8 heteroatoms. The van der Waals surface area contributed by atoms with Crippen LogP contribution in [0, 0.1) is 6.57 Å². The Morgan fingerprint density at radius 1 is 1.07 bits per heavy atom. The van der Waals surface area contributed by atoms with Gasteiger partial charge in [0, 0.05) is 27.5 Å². The Labute approximate surface area is 170 Å². The molecule has 2 heterocycles. The summed E-state index contributed by atoms with van der Waals surface area (Å²) >= 11 is 12.2. The lowest BCUT2D eigenvalue weighted by Gasteiger charge is -2.06. The van der Waals surface area contributed by atoms with Crippen molar-refractivity contribution in [2.24, 2.45) is 0 Å². The lowest BCUT2D eigenvalue weighted by atomic mass is 10.1. The van der Waals surface area contributed by atoms with Gasteiger partial charge in [-0.15, -0.1) is 0 Å². The molecule has 0 saturated carbocycles. The molecule has 4 aromatic rings. The number of nitrogens with one attached hydrogen (secondary N) is 1. The summed E-state index contributed by atoms with van der Waals surface area (Å²) < 4.78 is 1.57. The van der Waals surface area contributed by atoms with Gasteiger partial charge in [0.25, 0.3) is 5.91 Å². The molecule has 1 N–H and O–H groups in total. The molecule has 0 unspecified atom stereocenters. The number of benzene rings is 2. The van der Waals surface area contributed by atoms with E-state index in [2.05, 4.69) is 20.2 Å². The molecule has 0 spiro atoms. The number of nitrogens with zero attached hydrogens (tertiary/aromatic N) is 4. The Balaban J connectivity index is 1.68. The molecule has 1 amide bonds. The lowest BCUT2D eigenvalue weighted by Crippen LogP contribution is -2.14. The first-order chi connectivity index (χ1) is 13.5. The molecule has 0 saturated heterocycles. The van der Waals surface area contributed by atoms with Crippen LogP contribution in [0.1, 0.15) is 10.5 Å². The van der Waals surface area contributed by atoms with Crippen molar-refractivity contribution in [1.82, 2.24) is 14.6 Å². The van der Waals surface area contributed by atoms with Crippen molar-refractivity contribution in [3.63, 3.8) is 0 Å². The van der Waals surface area contributed by atoms with Gasteiger partial charge < -0.3 is 5.32 Å². The normalized spacial score (nSPS) is 10.6. The largest absolute Gasteiger partial charge is 0.321 e. The van der Waals surface area contributed by atoms with E-state index in [0.29, 0.717) is 32.6 Å². The summed E-state index contributed by atoms with van der Waals surface area (Å²) in [6.45, 7) is 6.97. The number of rotatable bonds is 3. The third-order valence-corrected chi connectivity index (χ3v) is 4.47. The van der Waals surface area contributed by atoms with Gasteiger partial charge in [-0.25, -0.2) is 14.3 Å². The molecule has 0 aliphatic rings. The van der Waals surface area contributed by atoms with Gasteiger partial charge in [-0.3, -0.25) is 4.79 Å². The van der Waals surface area contributed by atoms with Crippen molar-refractivity contribution in [2.45, 2.75) is 0 Å². The summed E-state index contributed by atoms with van der Waals surface area (Å²) in [5, 5.41) is 8.03. The number of fused-ring (bicyclic) bond motifs is 1. The minimum Gasteiger partial charge on any atom is -0.321 e. The molecule has 0 aliphatic carbocycles. The van der Waals surface area contributed by atoms with Gasteiger partial charge in [-0.2, -0.15) is 5.10 Å². The minimum absolute atomic E-state index is 0.233. The van der Waals surface area contributed by atoms with Gasteiger partial charge in [-0.05, 0) is 42.0 Å². The maximum Gasteiger partial charge on any atom is 0.274 e. The summed E-state index contributed by atoms with van der Waals surface area (Å²) in [5.74, 6) is -0.366. The maximum atomic E-state index is 12.6. The molecule has 0 radical (unpaired) electrons. The van der Waals surface area contributed by atoms with Gasteiger partial charge in [0.2, 0.25) is 0 Å². The molecule has 0 aliphatic heterocycles. The predicted molar refractivity (Wildman–Crippen MR) is 109 cm³/mol. The topological polar surface area (TPSA) is 63.7 Å². The van der Waals surface area contributed by atoms with E-state index in [1.807, 2.05) is 0 Å². The molecule has 4 rings (SSSR count). The van der Waals surface area contributed by atoms with Crippen molar-refractivity contribution in [3.8, 4) is 11.1 Å². The average Bonchev–Trinajstić information content (AvgIpc) is 3.11. The first kappa shape index (κ1) is 18.0. The molecule has 28 heavy (non-hydrogen) atoms. The Bertz CT molecular complexity index is 1220. The third-order valence-electron chi connectivity index (χ3n) is 4.03. The van der Waals surface area contributed by atoms with E-state index in [1.165, 1.54) is 0 Å². The number of hydrogen-bond acceptors (Lipinski definition) is 3. The fourth-order valence-corrected chi connectivity index (χ4v) is 3.25. The van der Waals surface area contributed by atoms with E-state index in [1.54, 1.807) is 65.4 Å². The number of carbonyl (C=O) groups is 1. The number of hydrogen-bond donors (Lipinski definition) is 1. The first-order valence-electron chi connectivity index (χ1n) is 8.13. The highest BCUT2D eigenvalue weighted by atomic mass is 35.5. The van der Waals surface area contributed by atoms with E-state index in [9.17, 15) is 4.79 Å². The third kappa shape index (κ3) is 3.54. The zero-order chi connectivity index (χ0) is 19.7. The van der Waals surface area contributed by atoms with Crippen LogP contribution in [0.15, 0.2) is 60.9 Å². The fourth-order valence-electron chi connectivity index (χ4n) is 2.72. The SMILES string of the molecule is [C-]#[N+]c1ccc(NC(=O)c2ccn3ncc(-c4cc(Cl)cc(Cl)c4)c3n2)cc1. The monoisotopic (exact) mass is 407 g/mol. The second kappa shape index (κ2) is 7.31. The number of anilines is 1. The molecule has 0 fully saturated rings. The Kier molecular flexibility index (Phi) is 4.70. The second-order valence-corrected chi connectivity index (χ2v) is 6.78. The number of aromatic nitrogens is 3. The summed E-state index contributed by atoms with van der Waals surface area (Å²) in [5.41, 5.74) is 3.29. The zero-order valence-electron chi connectivity index (χ0n) is 14.2. The number of halogens is 2. The first-order valence-corrected chi connectivity index (χ1v) is 8.89. The van der Waals surface area contributed by atoms with Gasteiger partial charge >= 0.3 is 0 Å². The Hall–Kier alpha value is -3.40. The maximum absolute atomic E-state index is 12.6. The lowest BCUT2D eigenvalue weighted by molar-refractivity contribution is 0.102. The summed E-state index contributed by atoms with van der Waals surface area (Å²) in [4.78, 5) is 20.4. The molecule has 2 aromatic carbocycles. The highest BCUT2D eigenvalue weighted by Gasteiger charge is 2.14. The van der Waals surface area contributed by atoms with Crippen LogP contribution in [-0.4, -0.2) is 20.5 Å². The van der Waals surface area contributed by atoms with Crippen LogP contribution in [0.3, 0.4) is 0 Å². The second-order valence-electron chi connectivity index (χ2n) is 5.91. The highest BCUT2D eigenvalue weighted by Crippen LogP contribution is 2.29. The van der Waals surface area contributed by atoms with Crippen molar-refractivity contribution in [1.29, 1.82) is 0 Å². The van der Waals surface area contributed by atoms with Crippen LogP contribution in [0.2, 0.25) is 10.0 Å². The van der Waals surface area contributed by atoms with E-state index in [-0.39, 0.29) is 11.6 Å². The van der Waals surface area contributed by atoms with Gasteiger partial charge in [0.1, 0.15) is 5.69 Å². The van der Waals surface area contributed by atoms with E-state index >= 15 is 0 Å². The summed E-state index contributed by atoms with van der Waals surface area (Å²) in [6.07, 6.45) is 3.31. The fraction of sp³-hybridized carbons (Fsp3) is 0. The average molecular weight is 408 g/mol. The van der Waals surface area contributed by atoms with Crippen LogP contribution in [0.4, 0.5) is 11.4 Å². The molecule has 6 nitrogen and oxygen atoms in total. The summed E-state index contributed by atoms with van der Waals surface area (Å²) in [6, 6.07) is 13.4. The highest BCUT2D eigenvalue weighted by molar-refractivity contribution is 6.35. The van der Waals surface area contributed by atoms with Crippen LogP contribution in [-0.2, 0) is 0 Å². The number of carbonyl (C=O) groups excluding carboxylic acids is 1. The van der Waals surface area contributed by atoms with E-state index < -0.39 is 0 Å². The van der Waals surface area contributed by atoms with E-state index in [4.69, 9.17) is 29.8 Å². The smallest absolute Gasteiger partial charge is 0.274 e. The predicted octanol–water partition coefficient (Wildman–Crippen LogP) is 5.51. The molecule has 2 aromatic heterocycles. The van der Waals surface area contributed by atoms with E-state index in [0.717, 1.165) is 5.56 Å². The van der Waals surface area contributed by atoms with Crippen molar-refractivity contribution >= 4 is 46.1 Å². The molecular formula is C20H11Cl2N5O. The van der Waals surface area contributed by atoms with Crippen LogP contribution in [0.25, 0.3) is 21.6 Å². The van der Waals surface area contributed by atoms with Crippen LogP contribution in [0.5, 0.6) is 0 Å². The Morgan fingerprint density at radius 2 is 1.79 bits per heavy atom. The van der Waals surface area contributed by atoms with Crippen molar-refractivity contribution < 1.29 is 4.79 Å². The quantitative estimate of drug-likeness (QED) is 0.455. The zero-order valence-corrected chi connectivity index (χ0v) is 15.7. The summed E-state index contributed by atoms with van der Waals surface area (Å²) in [7, 11) is 0. The van der Waals surface area contributed by atoms with Gasteiger partial charge in [-0.1, -0.05) is 35.3 Å². The number of amides is 1. The molecule has 0 bridgehead atoms. The molecular weight excluding hydrogens is 397 g/mol. The van der Waals surface area contributed by atoms with Crippen LogP contribution < -0.4 is 5.32 Å². The minimum atomic E-state index is -0.366. The van der Waals surface area contributed by atoms with Crippen molar-refractivity contribution in [3.05, 3.63) is 88.1 Å². The van der Waals surface area contributed by atoms with Crippen LogP contribution >= 0.6 is 23.2 Å². The Morgan fingerprint density at radius 3 is 2.46 bits per heavy atom. The molecule has 0 atom stereocenters.